The van der Waals surface area contributed by atoms with E-state index in [0.717, 1.165) is 0 Å². The van der Waals surface area contributed by atoms with Crippen molar-refractivity contribution in [2.45, 2.75) is 9.79 Å². The van der Waals surface area contributed by atoms with Crippen molar-refractivity contribution in [2.75, 3.05) is 11.8 Å². The Kier molecular flexibility index (Phi) is 5.57. The summed E-state index contributed by atoms with van der Waals surface area (Å²) in [7, 11) is -3.73. The number of hydrogen-bond donors (Lipinski definition) is 0. The third-order valence-electron chi connectivity index (χ3n) is 3.22. The Morgan fingerprint density at radius 3 is 1.26 bits per heavy atom. The molecule has 120 valence electrons. The van der Waals surface area contributed by atoms with Crippen LogP contribution in [0.15, 0.2) is 58.3 Å². The second kappa shape index (κ2) is 7.25. The van der Waals surface area contributed by atoms with Gasteiger partial charge in [0.05, 0.1) is 21.6 Å². The van der Waals surface area contributed by atoms with Crippen molar-refractivity contribution in [3.63, 3.8) is 0 Å². The van der Waals surface area contributed by atoms with Crippen molar-refractivity contribution >= 4 is 44.6 Å². The highest BCUT2D eigenvalue weighted by Crippen LogP contribution is 2.22. The van der Waals surface area contributed by atoms with Crippen LogP contribution in [0.5, 0.6) is 0 Å². The third kappa shape index (κ3) is 3.80. The molecule has 0 spiro atoms. The zero-order valence-electron chi connectivity index (χ0n) is 11.8. The monoisotopic (exact) mass is 370 g/mol. The van der Waals surface area contributed by atoms with Crippen LogP contribution < -0.4 is 0 Å². The summed E-state index contributed by atoms with van der Waals surface area (Å²) in [6.07, 6.45) is 0. The first-order chi connectivity index (χ1) is 10.9. The standard InChI is InChI=1S/C16H12Cl2O4S/c17-9-15(19)11-1-5-13(6-2-11)23(21,22)14-7-3-12(4-8-14)16(20)10-18/h1-8H,9-10H2. The second-order valence-corrected chi connectivity index (χ2v) is 7.15. The second-order valence-electron chi connectivity index (χ2n) is 4.67. The van der Waals surface area contributed by atoms with E-state index in [1.54, 1.807) is 0 Å². The molecule has 0 radical (unpaired) electrons. The van der Waals surface area contributed by atoms with Gasteiger partial charge in [0, 0.05) is 11.1 Å². The number of rotatable bonds is 6. The van der Waals surface area contributed by atoms with Crippen molar-refractivity contribution < 1.29 is 18.0 Å². The molecule has 0 saturated carbocycles. The highest BCUT2D eigenvalue weighted by atomic mass is 35.5. The van der Waals surface area contributed by atoms with E-state index < -0.39 is 9.84 Å². The summed E-state index contributed by atoms with van der Waals surface area (Å²) in [5.74, 6) is -0.885. The molecular formula is C16H12Cl2O4S. The van der Waals surface area contributed by atoms with Crippen LogP contribution in [0.25, 0.3) is 0 Å². The van der Waals surface area contributed by atoms with Gasteiger partial charge in [0.2, 0.25) is 9.84 Å². The minimum atomic E-state index is -3.73. The predicted octanol–water partition coefficient (Wildman–Crippen LogP) is 3.36. The van der Waals surface area contributed by atoms with Gasteiger partial charge >= 0.3 is 0 Å². The maximum Gasteiger partial charge on any atom is 0.206 e. The van der Waals surface area contributed by atoms with Gasteiger partial charge < -0.3 is 0 Å². The molecule has 0 aliphatic heterocycles. The molecule has 0 heterocycles. The quantitative estimate of drug-likeness (QED) is 0.577. The Morgan fingerprint density at radius 1 is 0.696 bits per heavy atom. The molecule has 2 aromatic rings. The molecule has 2 rings (SSSR count). The Hall–Kier alpha value is -1.69. The number of Topliss-reactive ketones (excluding diaryl/α,β-unsaturated/α-hetero) is 2. The number of carbonyl (C=O) groups excluding carboxylic acids is 2. The normalized spacial score (nSPS) is 11.2. The van der Waals surface area contributed by atoms with Crippen LogP contribution in [0.3, 0.4) is 0 Å². The molecule has 0 fully saturated rings. The number of halogens is 2. The third-order valence-corrected chi connectivity index (χ3v) is 5.49. The highest BCUT2D eigenvalue weighted by Gasteiger charge is 2.18. The lowest BCUT2D eigenvalue weighted by Gasteiger charge is -2.06. The number of benzene rings is 2. The number of alkyl halides is 2. The van der Waals surface area contributed by atoms with E-state index in [2.05, 4.69) is 0 Å². The fourth-order valence-electron chi connectivity index (χ4n) is 1.93. The molecule has 4 nitrogen and oxygen atoms in total. The van der Waals surface area contributed by atoms with Crippen LogP contribution >= 0.6 is 23.2 Å². The first kappa shape index (κ1) is 17.7. The fraction of sp³-hybridized carbons (Fsp3) is 0.125. The molecular weight excluding hydrogens is 359 g/mol. The van der Waals surface area contributed by atoms with Gasteiger partial charge in [0.25, 0.3) is 0 Å². The number of ketones is 2. The average molecular weight is 371 g/mol. The Balaban J connectivity index is 2.34. The summed E-state index contributed by atoms with van der Waals surface area (Å²) in [4.78, 5) is 23.0. The van der Waals surface area contributed by atoms with Crippen molar-refractivity contribution in [3.8, 4) is 0 Å². The minimum Gasteiger partial charge on any atom is -0.293 e. The van der Waals surface area contributed by atoms with E-state index >= 15 is 0 Å². The van der Waals surface area contributed by atoms with Gasteiger partial charge in [0.1, 0.15) is 0 Å². The molecule has 0 unspecified atom stereocenters. The van der Waals surface area contributed by atoms with Gasteiger partial charge in [-0.25, -0.2) is 8.42 Å². The molecule has 23 heavy (non-hydrogen) atoms. The maximum atomic E-state index is 12.5. The average Bonchev–Trinajstić information content (AvgIpc) is 2.60. The van der Waals surface area contributed by atoms with E-state index in [-0.39, 0.29) is 33.1 Å². The van der Waals surface area contributed by atoms with E-state index in [0.29, 0.717) is 11.1 Å². The van der Waals surface area contributed by atoms with Crippen LogP contribution in [0.2, 0.25) is 0 Å². The van der Waals surface area contributed by atoms with E-state index in [1.165, 1.54) is 48.5 Å². The van der Waals surface area contributed by atoms with Gasteiger partial charge in [-0.3, -0.25) is 9.59 Å². The predicted molar refractivity (Wildman–Crippen MR) is 88.4 cm³/mol. The zero-order chi connectivity index (χ0) is 17.0. The molecule has 0 N–H and O–H groups in total. The zero-order valence-corrected chi connectivity index (χ0v) is 14.2. The fourth-order valence-corrected chi connectivity index (χ4v) is 3.50. The maximum absolute atomic E-state index is 12.5. The molecule has 0 atom stereocenters. The van der Waals surface area contributed by atoms with Crippen molar-refractivity contribution in [1.29, 1.82) is 0 Å². The van der Waals surface area contributed by atoms with Crippen LogP contribution in [-0.4, -0.2) is 31.7 Å². The molecule has 0 bridgehead atoms. The van der Waals surface area contributed by atoms with Gasteiger partial charge in [-0.15, -0.1) is 23.2 Å². The van der Waals surface area contributed by atoms with E-state index in [4.69, 9.17) is 23.2 Å². The molecule has 2 aromatic carbocycles. The summed E-state index contributed by atoms with van der Waals surface area (Å²) >= 11 is 10.9. The van der Waals surface area contributed by atoms with Gasteiger partial charge in [-0.05, 0) is 24.3 Å². The Labute approximate surface area is 144 Å². The van der Waals surface area contributed by atoms with Gasteiger partial charge in [-0.2, -0.15) is 0 Å². The Bertz CT molecular complexity index is 760. The largest absolute Gasteiger partial charge is 0.293 e. The van der Waals surface area contributed by atoms with Crippen LogP contribution in [0.4, 0.5) is 0 Å². The molecule has 7 heteroatoms. The number of carbonyl (C=O) groups is 2. The summed E-state index contributed by atoms with van der Waals surface area (Å²) < 4.78 is 25.0. The lowest BCUT2D eigenvalue weighted by Crippen LogP contribution is -2.05. The summed E-state index contributed by atoms with van der Waals surface area (Å²) in [5, 5.41) is 0. The molecule has 0 amide bonds. The highest BCUT2D eigenvalue weighted by molar-refractivity contribution is 7.91. The first-order valence-electron chi connectivity index (χ1n) is 6.53. The van der Waals surface area contributed by atoms with Crippen LogP contribution in [0, 0.1) is 0 Å². The van der Waals surface area contributed by atoms with Crippen molar-refractivity contribution in [2.24, 2.45) is 0 Å². The number of hydrogen-bond acceptors (Lipinski definition) is 4. The summed E-state index contributed by atoms with van der Waals surface area (Å²) in [6.45, 7) is 0. The molecule has 0 saturated heterocycles. The number of sulfone groups is 1. The van der Waals surface area contributed by atoms with E-state index in [1.807, 2.05) is 0 Å². The lowest BCUT2D eigenvalue weighted by atomic mass is 10.1. The molecule has 0 aromatic heterocycles. The first-order valence-corrected chi connectivity index (χ1v) is 9.09. The Morgan fingerprint density at radius 2 is 1.00 bits per heavy atom. The van der Waals surface area contributed by atoms with E-state index in [9.17, 15) is 18.0 Å². The van der Waals surface area contributed by atoms with Crippen molar-refractivity contribution in [3.05, 3.63) is 59.7 Å². The van der Waals surface area contributed by atoms with Crippen LogP contribution in [0.1, 0.15) is 20.7 Å². The summed E-state index contributed by atoms with van der Waals surface area (Å²) in [5.41, 5.74) is 0.698. The molecule has 0 aliphatic rings. The van der Waals surface area contributed by atoms with Gasteiger partial charge in [-0.1, -0.05) is 24.3 Å². The topological polar surface area (TPSA) is 68.3 Å². The van der Waals surface area contributed by atoms with Crippen molar-refractivity contribution in [1.82, 2.24) is 0 Å². The SMILES string of the molecule is O=C(CCl)c1ccc(S(=O)(=O)c2ccc(C(=O)CCl)cc2)cc1. The molecule has 0 aliphatic carbocycles. The minimum absolute atomic E-state index is 0.0556. The van der Waals surface area contributed by atoms with Crippen LogP contribution in [-0.2, 0) is 9.84 Å². The lowest BCUT2D eigenvalue weighted by molar-refractivity contribution is 0.101. The van der Waals surface area contributed by atoms with Gasteiger partial charge in [0.15, 0.2) is 11.6 Å². The summed E-state index contributed by atoms with van der Waals surface area (Å²) in [6, 6.07) is 11.1. The smallest absolute Gasteiger partial charge is 0.206 e.